The number of amides is 1. The van der Waals surface area contributed by atoms with Gasteiger partial charge in [-0.2, -0.15) is 0 Å². The first-order valence-corrected chi connectivity index (χ1v) is 7.76. The van der Waals surface area contributed by atoms with Crippen molar-refractivity contribution in [3.8, 4) is 5.75 Å². The van der Waals surface area contributed by atoms with E-state index in [1.165, 1.54) is 17.0 Å². The molecule has 0 saturated carbocycles. The Labute approximate surface area is 140 Å². The van der Waals surface area contributed by atoms with E-state index in [0.717, 1.165) is 0 Å². The number of carbonyl (C=O) groups is 1. The molecule has 0 unspecified atom stereocenters. The highest BCUT2D eigenvalue weighted by molar-refractivity contribution is 5.99. The minimum atomic E-state index is -0.653. The Kier molecular flexibility index (Phi) is 6.52. The topological polar surface area (TPSA) is 98.7 Å². The summed E-state index contributed by atoms with van der Waals surface area (Å²) in [5.74, 6) is -0.630. The van der Waals surface area contributed by atoms with E-state index >= 15 is 0 Å². The summed E-state index contributed by atoms with van der Waals surface area (Å²) in [5.41, 5.74) is -0.658. The lowest BCUT2D eigenvalue weighted by atomic mass is 10.1. The van der Waals surface area contributed by atoms with Crippen molar-refractivity contribution in [2.24, 2.45) is 0 Å². The van der Waals surface area contributed by atoms with E-state index in [4.69, 9.17) is 0 Å². The number of hydrogen-bond donors (Lipinski definition) is 3. The Balaban J connectivity index is 0.00000139. The van der Waals surface area contributed by atoms with Gasteiger partial charge in [0.25, 0.3) is 16.8 Å². The number of benzene rings is 1. The number of aromatic hydroxyl groups is 1. The SMILES string of the molecule is CC.CCNc1c(Nc2cccc(C(=O)N(C)C)c2O)c(=O)c1=O. The van der Waals surface area contributed by atoms with Crippen LogP contribution >= 0.6 is 0 Å². The third-order valence-electron chi connectivity index (χ3n) is 3.20. The Morgan fingerprint density at radius 3 is 2.25 bits per heavy atom. The van der Waals surface area contributed by atoms with Gasteiger partial charge in [0.2, 0.25) is 0 Å². The van der Waals surface area contributed by atoms with Gasteiger partial charge in [-0.1, -0.05) is 19.9 Å². The zero-order chi connectivity index (χ0) is 18.4. The first kappa shape index (κ1) is 19.2. The fourth-order valence-corrected chi connectivity index (χ4v) is 2.05. The number of hydrogen-bond acceptors (Lipinski definition) is 6. The van der Waals surface area contributed by atoms with Crippen LogP contribution in [0.2, 0.25) is 0 Å². The van der Waals surface area contributed by atoms with Crippen LogP contribution in [0.25, 0.3) is 0 Å². The summed E-state index contributed by atoms with van der Waals surface area (Å²) in [7, 11) is 3.14. The Bertz CT molecular complexity index is 790. The van der Waals surface area contributed by atoms with Crippen LogP contribution in [0, 0.1) is 0 Å². The summed E-state index contributed by atoms with van der Waals surface area (Å²) >= 11 is 0. The molecule has 0 bridgehead atoms. The number of nitrogens with one attached hydrogen (secondary N) is 2. The Morgan fingerprint density at radius 2 is 1.71 bits per heavy atom. The van der Waals surface area contributed by atoms with Gasteiger partial charge in [0.05, 0.1) is 11.3 Å². The maximum absolute atomic E-state index is 12.0. The number of anilines is 3. The van der Waals surface area contributed by atoms with E-state index in [2.05, 4.69) is 10.6 Å². The second-order valence-electron chi connectivity index (χ2n) is 4.96. The molecule has 0 aromatic heterocycles. The van der Waals surface area contributed by atoms with E-state index in [1.807, 2.05) is 13.8 Å². The molecule has 0 radical (unpaired) electrons. The van der Waals surface area contributed by atoms with Crippen LogP contribution in [0.5, 0.6) is 5.75 Å². The lowest BCUT2D eigenvalue weighted by Crippen LogP contribution is -2.36. The van der Waals surface area contributed by atoms with Crippen LogP contribution in [0.15, 0.2) is 27.8 Å². The van der Waals surface area contributed by atoms with E-state index < -0.39 is 10.9 Å². The molecule has 3 N–H and O–H groups in total. The molecule has 0 aliphatic carbocycles. The highest BCUT2D eigenvalue weighted by Crippen LogP contribution is 2.31. The Morgan fingerprint density at radius 1 is 1.12 bits per heavy atom. The second kappa shape index (κ2) is 8.14. The molecule has 2 rings (SSSR count). The number of rotatable bonds is 5. The molecule has 1 amide bonds. The molecule has 130 valence electrons. The monoisotopic (exact) mass is 333 g/mol. The molecular formula is C17H23N3O4. The minimum absolute atomic E-state index is 0.0941. The van der Waals surface area contributed by atoms with Crippen LogP contribution in [0.1, 0.15) is 31.1 Å². The predicted octanol–water partition coefficient (Wildman–Crippen LogP) is 1.89. The van der Waals surface area contributed by atoms with Crippen molar-refractivity contribution in [1.29, 1.82) is 0 Å². The van der Waals surface area contributed by atoms with Crippen molar-refractivity contribution < 1.29 is 9.90 Å². The zero-order valence-electron chi connectivity index (χ0n) is 14.6. The molecule has 2 aromatic carbocycles. The van der Waals surface area contributed by atoms with Crippen molar-refractivity contribution in [3.05, 3.63) is 44.2 Å². The molecule has 0 aliphatic rings. The fourth-order valence-electron chi connectivity index (χ4n) is 2.05. The molecule has 0 saturated heterocycles. The van der Waals surface area contributed by atoms with Gasteiger partial charge in [0.15, 0.2) is 5.75 Å². The minimum Gasteiger partial charge on any atom is -0.505 e. The summed E-state index contributed by atoms with van der Waals surface area (Å²) in [5, 5.41) is 15.7. The number of para-hydroxylation sites is 1. The lowest BCUT2D eigenvalue weighted by Gasteiger charge is -2.17. The summed E-state index contributed by atoms with van der Waals surface area (Å²) in [6, 6.07) is 4.59. The molecule has 0 aliphatic heterocycles. The molecule has 0 atom stereocenters. The fraction of sp³-hybridized carbons (Fsp3) is 0.353. The molecule has 0 heterocycles. The van der Waals surface area contributed by atoms with E-state index in [-0.39, 0.29) is 34.3 Å². The first-order chi connectivity index (χ1) is 11.4. The second-order valence-corrected chi connectivity index (χ2v) is 4.96. The van der Waals surface area contributed by atoms with Gasteiger partial charge < -0.3 is 20.6 Å². The largest absolute Gasteiger partial charge is 0.505 e. The van der Waals surface area contributed by atoms with E-state index in [9.17, 15) is 19.5 Å². The predicted molar refractivity (Wildman–Crippen MR) is 96.3 cm³/mol. The van der Waals surface area contributed by atoms with Crippen LogP contribution in [0.3, 0.4) is 0 Å². The average Bonchev–Trinajstić information content (AvgIpc) is 2.60. The van der Waals surface area contributed by atoms with Crippen LogP contribution in [0.4, 0.5) is 17.1 Å². The van der Waals surface area contributed by atoms with Gasteiger partial charge >= 0.3 is 0 Å². The molecule has 7 heteroatoms. The zero-order valence-corrected chi connectivity index (χ0v) is 14.6. The van der Waals surface area contributed by atoms with Crippen LogP contribution in [-0.2, 0) is 0 Å². The van der Waals surface area contributed by atoms with Crippen LogP contribution in [-0.4, -0.2) is 36.6 Å². The molecule has 0 spiro atoms. The lowest BCUT2D eigenvalue weighted by molar-refractivity contribution is 0.0825. The van der Waals surface area contributed by atoms with Gasteiger partial charge in [-0.05, 0) is 19.1 Å². The van der Waals surface area contributed by atoms with E-state index in [1.54, 1.807) is 27.1 Å². The smallest absolute Gasteiger partial charge is 0.257 e. The van der Waals surface area contributed by atoms with Crippen molar-refractivity contribution in [2.45, 2.75) is 20.8 Å². The van der Waals surface area contributed by atoms with Gasteiger partial charge in [-0.25, -0.2) is 0 Å². The highest BCUT2D eigenvalue weighted by atomic mass is 16.3. The van der Waals surface area contributed by atoms with Gasteiger partial charge in [0, 0.05) is 20.6 Å². The number of carbonyl (C=O) groups excluding carboxylic acids is 1. The van der Waals surface area contributed by atoms with Crippen molar-refractivity contribution in [3.63, 3.8) is 0 Å². The maximum atomic E-state index is 12.0. The van der Waals surface area contributed by atoms with Crippen LogP contribution < -0.4 is 21.5 Å². The maximum Gasteiger partial charge on any atom is 0.257 e. The molecule has 24 heavy (non-hydrogen) atoms. The number of phenols is 1. The molecular weight excluding hydrogens is 310 g/mol. The first-order valence-electron chi connectivity index (χ1n) is 7.76. The highest BCUT2D eigenvalue weighted by Gasteiger charge is 2.22. The van der Waals surface area contributed by atoms with Gasteiger partial charge in [-0.15, -0.1) is 0 Å². The summed E-state index contributed by atoms with van der Waals surface area (Å²) in [6.07, 6.45) is 0. The molecule has 2 aromatic rings. The summed E-state index contributed by atoms with van der Waals surface area (Å²) in [6.45, 7) is 6.29. The normalized spacial score (nSPS) is 9.88. The summed E-state index contributed by atoms with van der Waals surface area (Å²) < 4.78 is 0. The number of nitrogens with zero attached hydrogens (tertiary/aromatic N) is 1. The number of phenolic OH excluding ortho intramolecular Hbond substituents is 1. The standard InChI is InChI=1S/C15H17N3O4.C2H6/c1-4-16-10-11(14(21)13(10)20)17-9-7-5-6-8(12(9)19)15(22)18(2)3;1-2/h5-7,16-17,19H,4H2,1-3H3;1-2H3. The quantitative estimate of drug-likeness (QED) is 0.571. The summed E-state index contributed by atoms with van der Waals surface area (Å²) in [4.78, 5) is 36.4. The van der Waals surface area contributed by atoms with Crippen molar-refractivity contribution in [1.82, 2.24) is 4.90 Å². The molecule has 0 fully saturated rings. The van der Waals surface area contributed by atoms with Gasteiger partial charge in [-0.3, -0.25) is 14.4 Å². The average molecular weight is 333 g/mol. The third-order valence-corrected chi connectivity index (χ3v) is 3.20. The van der Waals surface area contributed by atoms with Gasteiger partial charge in [0.1, 0.15) is 11.4 Å². The third kappa shape index (κ3) is 3.56. The van der Waals surface area contributed by atoms with Crippen molar-refractivity contribution >= 4 is 23.0 Å². The van der Waals surface area contributed by atoms with E-state index in [0.29, 0.717) is 6.54 Å². The molecule has 7 nitrogen and oxygen atoms in total. The Hall–Kier alpha value is -2.83. The van der Waals surface area contributed by atoms with Crippen molar-refractivity contribution in [2.75, 3.05) is 31.3 Å².